The van der Waals surface area contributed by atoms with Crippen molar-refractivity contribution < 1.29 is 9.59 Å². The molecule has 0 unspecified atom stereocenters. The molecule has 0 amide bonds. The summed E-state index contributed by atoms with van der Waals surface area (Å²) in [5.41, 5.74) is 0. The van der Waals surface area contributed by atoms with Crippen LogP contribution in [0.4, 0.5) is 0 Å². The van der Waals surface area contributed by atoms with E-state index in [2.05, 4.69) is 13.8 Å². The number of carbonyl (C=O) groups excluding carboxylic acids is 2. The molecule has 0 saturated heterocycles. The zero-order valence-corrected chi connectivity index (χ0v) is 21.5. The second-order valence-corrected chi connectivity index (χ2v) is 9.83. The van der Waals surface area contributed by atoms with Crippen molar-refractivity contribution in [1.82, 2.24) is 0 Å². The molecule has 2 nitrogen and oxygen atoms in total. The highest BCUT2D eigenvalue weighted by Gasteiger charge is 2.09. The Balaban J connectivity index is 3.31. The molecular weight excluding hydrogens is 380 g/mol. The van der Waals surface area contributed by atoms with Gasteiger partial charge in [0.2, 0.25) is 0 Å². The molecule has 0 aromatic carbocycles. The van der Waals surface area contributed by atoms with Crippen LogP contribution in [0.5, 0.6) is 0 Å². The fourth-order valence-corrected chi connectivity index (χ4v) is 4.37. The van der Waals surface area contributed by atoms with Crippen LogP contribution in [0.15, 0.2) is 0 Å². The smallest absolute Gasteiger partial charge is 0.140 e. The van der Waals surface area contributed by atoms with E-state index in [-0.39, 0.29) is 18.0 Å². The molecule has 0 bridgehead atoms. The predicted molar refractivity (Wildman–Crippen MR) is 137 cm³/mol. The third-order valence-corrected chi connectivity index (χ3v) is 6.51. The van der Waals surface area contributed by atoms with E-state index in [1.54, 1.807) is 0 Å². The van der Waals surface area contributed by atoms with Crippen LogP contribution in [-0.2, 0) is 9.59 Å². The Hall–Kier alpha value is -0.660. The highest BCUT2D eigenvalue weighted by molar-refractivity contribution is 5.98. The molecule has 0 saturated carbocycles. The average molecular weight is 437 g/mol. The van der Waals surface area contributed by atoms with Gasteiger partial charge in [0, 0.05) is 12.8 Å². The third kappa shape index (κ3) is 25.5. The standard InChI is InChI=1S/C29H56O2/c1-3-5-7-9-11-13-15-17-19-21-23-25-28(30)27-29(31)26-24-22-20-18-16-14-12-10-8-6-4-2/h3-27H2,1-2H3. The van der Waals surface area contributed by atoms with E-state index in [4.69, 9.17) is 0 Å². The highest BCUT2D eigenvalue weighted by atomic mass is 16.1. The van der Waals surface area contributed by atoms with Gasteiger partial charge in [-0.25, -0.2) is 0 Å². The first-order valence-electron chi connectivity index (χ1n) is 14.2. The minimum absolute atomic E-state index is 0.170. The van der Waals surface area contributed by atoms with Crippen LogP contribution in [0.2, 0.25) is 0 Å². The normalized spacial score (nSPS) is 11.2. The lowest BCUT2D eigenvalue weighted by Crippen LogP contribution is -2.07. The summed E-state index contributed by atoms with van der Waals surface area (Å²) in [5.74, 6) is 0.341. The molecule has 0 heterocycles. The average Bonchev–Trinajstić information content (AvgIpc) is 2.75. The van der Waals surface area contributed by atoms with Crippen LogP contribution in [0, 0.1) is 0 Å². The number of carbonyl (C=O) groups is 2. The first kappa shape index (κ1) is 30.3. The fourth-order valence-electron chi connectivity index (χ4n) is 4.37. The van der Waals surface area contributed by atoms with E-state index < -0.39 is 0 Å². The molecule has 0 radical (unpaired) electrons. The molecule has 0 aliphatic heterocycles. The topological polar surface area (TPSA) is 34.1 Å². The lowest BCUT2D eigenvalue weighted by atomic mass is 10.0. The van der Waals surface area contributed by atoms with Crippen molar-refractivity contribution in [3.8, 4) is 0 Å². The number of ketones is 2. The number of Topliss-reactive ketones (excluding diaryl/α,β-unsaturated/α-hetero) is 2. The molecular formula is C29H56O2. The Kier molecular flexibility index (Phi) is 25.1. The van der Waals surface area contributed by atoms with Crippen molar-refractivity contribution in [2.24, 2.45) is 0 Å². The van der Waals surface area contributed by atoms with Crippen molar-refractivity contribution in [2.75, 3.05) is 0 Å². The van der Waals surface area contributed by atoms with Crippen LogP contribution in [0.1, 0.15) is 174 Å². The van der Waals surface area contributed by atoms with Gasteiger partial charge in [0.25, 0.3) is 0 Å². The van der Waals surface area contributed by atoms with E-state index in [0.717, 1.165) is 25.7 Å². The SMILES string of the molecule is CCCCCCCCCCCCCC(=O)CC(=O)CCCCCCCCCCCCC. The van der Waals surface area contributed by atoms with Crippen LogP contribution < -0.4 is 0 Å². The fraction of sp³-hybridized carbons (Fsp3) is 0.931. The largest absolute Gasteiger partial charge is 0.299 e. The molecule has 0 aromatic heterocycles. The highest BCUT2D eigenvalue weighted by Crippen LogP contribution is 2.14. The second kappa shape index (κ2) is 25.6. The summed E-state index contributed by atoms with van der Waals surface area (Å²) < 4.78 is 0. The maximum absolute atomic E-state index is 12.0. The maximum atomic E-state index is 12.0. The van der Waals surface area contributed by atoms with Crippen molar-refractivity contribution in [1.29, 1.82) is 0 Å². The number of hydrogen-bond donors (Lipinski definition) is 0. The monoisotopic (exact) mass is 436 g/mol. The summed E-state index contributed by atoms with van der Waals surface area (Å²) in [6.07, 6.45) is 30.0. The zero-order chi connectivity index (χ0) is 22.8. The van der Waals surface area contributed by atoms with E-state index in [1.165, 1.54) is 116 Å². The Morgan fingerprint density at radius 1 is 0.355 bits per heavy atom. The van der Waals surface area contributed by atoms with E-state index in [9.17, 15) is 9.59 Å². The predicted octanol–water partition coefficient (Wildman–Crippen LogP) is 9.92. The Morgan fingerprint density at radius 2 is 0.581 bits per heavy atom. The molecule has 31 heavy (non-hydrogen) atoms. The molecule has 0 rings (SSSR count). The molecule has 0 aliphatic carbocycles. The molecule has 0 fully saturated rings. The summed E-state index contributed by atoms with van der Waals surface area (Å²) in [5, 5.41) is 0. The van der Waals surface area contributed by atoms with Crippen molar-refractivity contribution in [3.63, 3.8) is 0 Å². The summed E-state index contributed by atoms with van der Waals surface area (Å²) in [7, 11) is 0. The lowest BCUT2D eigenvalue weighted by Gasteiger charge is -2.04. The van der Waals surface area contributed by atoms with Gasteiger partial charge in [-0.3, -0.25) is 9.59 Å². The van der Waals surface area contributed by atoms with Crippen LogP contribution in [0.3, 0.4) is 0 Å². The molecule has 0 spiro atoms. The van der Waals surface area contributed by atoms with Crippen LogP contribution in [0.25, 0.3) is 0 Å². The Morgan fingerprint density at radius 3 is 0.839 bits per heavy atom. The maximum Gasteiger partial charge on any atom is 0.140 e. The number of rotatable bonds is 26. The Bertz CT molecular complexity index is 352. The van der Waals surface area contributed by atoms with Gasteiger partial charge >= 0.3 is 0 Å². The number of hydrogen-bond acceptors (Lipinski definition) is 2. The van der Waals surface area contributed by atoms with Crippen molar-refractivity contribution in [2.45, 2.75) is 174 Å². The van der Waals surface area contributed by atoms with Crippen molar-refractivity contribution >= 4 is 11.6 Å². The molecule has 0 atom stereocenters. The number of unbranched alkanes of at least 4 members (excludes halogenated alkanes) is 20. The van der Waals surface area contributed by atoms with Gasteiger partial charge in [-0.1, -0.05) is 142 Å². The second-order valence-electron chi connectivity index (χ2n) is 9.83. The molecule has 0 aromatic rings. The Labute approximate surface area is 195 Å². The van der Waals surface area contributed by atoms with Gasteiger partial charge < -0.3 is 0 Å². The van der Waals surface area contributed by atoms with E-state index >= 15 is 0 Å². The molecule has 0 aliphatic rings. The van der Waals surface area contributed by atoms with Gasteiger partial charge in [0.05, 0.1) is 6.42 Å². The molecule has 2 heteroatoms. The van der Waals surface area contributed by atoms with E-state index in [1.807, 2.05) is 0 Å². The minimum Gasteiger partial charge on any atom is -0.299 e. The van der Waals surface area contributed by atoms with Gasteiger partial charge in [-0.15, -0.1) is 0 Å². The first-order valence-corrected chi connectivity index (χ1v) is 14.2. The van der Waals surface area contributed by atoms with Gasteiger partial charge in [0.15, 0.2) is 0 Å². The summed E-state index contributed by atoms with van der Waals surface area (Å²) in [6, 6.07) is 0. The minimum atomic E-state index is 0.170. The lowest BCUT2D eigenvalue weighted by molar-refractivity contribution is -0.127. The first-order chi connectivity index (χ1) is 15.2. The van der Waals surface area contributed by atoms with E-state index in [0.29, 0.717) is 12.8 Å². The van der Waals surface area contributed by atoms with Gasteiger partial charge in [0.1, 0.15) is 11.6 Å². The summed E-state index contributed by atoms with van der Waals surface area (Å²) >= 11 is 0. The molecule has 0 N–H and O–H groups in total. The zero-order valence-electron chi connectivity index (χ0n) is 21.5. The summed E-state index contributed by atoms with van der Waals surface area (Å²) in [4.78, 5) is 24.0. The van der Waals surface area contributed by atoms with Gasteiger partial charge in [-0.05, 0) is 12.8 Å². The van der Waals surface area contributed by atoms with Crippen molar-refractivity contribution in [3.05, 3.63) is 0 Å². The van der Waals surface area contributed by atoms with Crippen LogP contribution >= 0.6 is 0 Å². The molecule has 184 valence electrons. The van der Waals surface area contributed by atoms with Crippen LogP contribution in [-0.4, -0.2) is 11.6 Å². The quantitative estimate of drug-likeness (QED) is 0.0998. The van der Waals surface area contributed by atoms with Gasteiger partial charge in [-0.2, -0.15) is 0 Å². The third-order valence-electron chi connectivity index (χ3n) is 6.51. The summed E-state index contributed by atoms with van der Waals surface area (Å²) in [6.45, 7) is 4.53.